The molecule has 1 heterocycles. The molecule has 2 rings (SSSR count). The van der Waals surface area contributed by atoms with Crippen molar-refractivity contribution in [1.82, 2.24) is 10.2 Å². The minimum Gasteiger partial charge on any atom is -0.497 e. The number of ether oxygens (including phenoxy) is 1. The summed E-state index contributed by atoms with van der Waals surface area (Å²) in [6.07, 6.45) is 3.66. The van der Waals surface area contributed by atoms with Gasteiger partial charge in [-0.25, -0.2) is 0 Å². The number of carbonyl (C=O) groups is 2. The molecule has 0 aromatic heterocycles. The van der Waals surface area contributed by atoms with Gasteiger partial charge in [-0.15, -0.1) is 0 Å². The second-order valence-corrected chi connectivity index (χ2v) is 4.43. The van der Waals surface area contributed by atoms with Crippen LogP contribution >= 0.6 is 0 Å². The van der Waals surface area contributed by atoms with Gasteiger partial charge in [-0.05, 0) is 24.6 Å². The molecule has 0 amide bonds. The highest BCUT2D eigenvalue weighted by Gasteiger charge is 2.15. The number of nitrogens with one attached hydrogen (secondary N) is 1. The molecule has 1 aliphatic rings. The molecule has 0 aliphatic carbocycles. The number of Topliss-reactive ketones (excluding diaryl/α,β-unsaturated/α-hetero) is 1. The van der Waals surface area contributed by atoms with E-state index < -0.39 is 5.78 Å². The maximum Gasteiger partial charge on any atom is 0.242 e. The van der Waals surface area contributed by atoms with Crippen LogP contribution in [0.15, 0.2) is 48.1 Å². The topological polar surface area (TPSA) is 58.6 Å². The van der Waals surface area contributed by atoms with Crippen molar-refractivity contribution in [1.29, 1.82) is 0 Å². The van der Waals surface area contributed by atoms with Gasteiger partial charge in [0.05, 0.1) is 7.11 Å². The first-order chi connectivity index (χ1) is 9.63. The van der Waals surface area contributed by atoms with E-state index >= 15 is 0 Å². The molecule has 0 saturated carbocycles. The second kappa shape index (κ2) is 6.06. The van der Waals surface area contributed by atoms with E-state index in [-0.39, 0.29) is 5.70 Å². The van der Waals surface area contributed by atoms with E-state index in [0.717, 1.165) is 17.0 Å². The molecule has 0 saturated heterocycles. The quantitative estimate of drug-likeness (QED) is 0.651. The second-order valence-electron chi connectivity index (χ2n) is 4.43. The SMILES string of the molecule is COc1ccc(CN2C=C(C(=O)C=O)NC=C2C)cc1. The summed E-state index contributed by atoms with van der Waals surface area (Å²) in [4.78, 5) is 23.8. The fourth-order valence-electron chi connectivity index (χ4n) is 1.86. The standard InChI is InChI=1S/C15H16N2O3/c1-11-7-16-14(15(19)10-18)9-17(11)8-12-3-5-13(20-2)6-4-12/h3-7,9-10,16H,8H2,1-2H3. The molecule has 104 valence electrons. The van der Waals surface area contributed by atoms with Crippen molar-refractivity contribution >= 4 is 12.1 Å². The van der Waals surface area contributed by atoms with Gasteiger partial charge in [-0.1, -0.05) is 12.1 Å². The number of methoxy groups -OCH3 is 1. The first-order valence-corrected chi connectivity index (χ1v) is 6.18. The number of nitrogens with zero attached hydrogens (tertiary/aromatic N) is 1. The smallest absolute Gasteiger partial charge is 0.242 e. The van der Waals surface area contributed by atoms with E-state index in [1.807, 2.05) is 36.1 Å². The van der Waals surface area contributed by atoms with E-state index in [1.54, 1.807) is 19.5 Å². The molecule has 0 unspecified atom stereocenters. The Bertz CT molecular complexity index is 573. The molecule has 0 radical (unpaired) electrons. The van der Waals surface area contributed by atoms with E-state index in [4.69, 9.17) is 4.74 Å². The Labute approximate surface area is 117 Å². The van der Waals surface area contributed by atoms with E-state index in [9.17, 15) is 9.59 Å². The van der Waals surface area contributed by atoms with Gasteiger partial charge in [0, 0.05) is 24.6 Å². The number of hydrogen-bond acceptors (Lipinski definition) is 5. The van der Waals surface area contributed by atoms with Gasteiger partial charge in [0.2, 0.25) is 5.78 Å². The van der Waals surface area contributed by atoms with Gasteiger partial charge in [0.15, 0.2) is 6.29 Å². The predicted molar refractivity (Wildman–Crippen MR) is 74.6 cm³/mol. The minimum atomic E-state index is -0.562. The van der Waals surface area contributed by atoms with Crippen molar-refractivity contribution in [2.75, 3.05) is 7.11 Å². The van der Waals surface area contributed by atoms with Crippen molar-refractivity contribution < 1.29 is 14.3 Å². The molecule has 0 fully saturated rings. The van der Waals surface area contributed by atoms with Crippen LogP contribution < -0.4 is 10.1 Å². The summed E-state index contributed by atoms with van der Waals surface area (Å²) in [5.41, 5.74) is 2.32. The molecule has 0 spiro atoms. The summed E-state index contributed by atoms with van der Waals surface area (Å²) < 4.78 is 5.11. The first kappa shape index (κ1) is 13.9. The highest BCUT2D eigenvalue weighted by molar-refractivity contribution is 6.32. The Kier molecular flexibility index (Phi) is 4.20. The number of carbonyl (C=O) groups excluding carboxylic acids is 2. The molecule has 20 heavy (non-hydrogen) atoms. The highest BCUT2D eigenvalue weighted by Crippen LogP contribution is 2.18. The maximum absolute atomic E-state index is 11.4. The van der Waals surface area contributed by atoms with E-state index in [0.29, 0.717) is 12.8 Å². The van der Waals surface area contributed by atoms with Crippen LogP contribution in [0.2, 0.25) is 0 Å². The fraction of sp³-hybridized carbons (Fsp3) is 0.200. The average Bonchev–Trinajstić information content (AvgIpc) is 2.49. The van der Waals surface area contributed by atoms with Crippen molar-refractivity contribution in [3.63, 3.8) is 0 Å². The third-order valence-corrected chi connectivity index (χ3v) is 3.06. The molecular formula is C15H16N2O3. The summed E-state index contributed by atoms with van der Waals surface area (Å²) in [6.45, 7) is 2.54. The van der Waals surface area contributed by atoms with Crippen LogP contribution in [-0.4, -0.2) is 24.1 Å². The van der Waals surface area contributed by atoms with Crippen molar-refractivity contribution in [3.05, 3.63) is 53.6 Å². The minimum absolute atomic E-state index is 0.277. The first-order valence-electron chi connectivity index (χ1n) is 6.18. The molecule has 0 bridgehead atoms. The van der Waals surface area contributed by atoms with Crippen LogP contribution in [0, 0.1) is 0 Å². The summed E-state index contributed by atoms with van der Waals surface area (Å²) in [5.74, 6) is 0.238. The van der Waals surface area contributed by atoms with Crippen LogP contribution in [-0.2, 0) is 16.1 Å². The molecule has 1 aliphatic heterocycles. The molecule has 5 heteroatoms. The summed E-state index contributed by atoms with van der Waals surface area (Å²) in [7, 11) is 1.62. The molecule has 5 nitrogen and oxygen atoms in total. The largest absolute Gasteiger partial charge is 0.497 e. The summed E-state index contributed by atoms with van der Waals surface area (Å²) in [5, 5.41) is 2.81. The van der Waals surface area contributed by atoms with E-state index in [2.05, 4.69) is 5.32 Å². The van der Waals surface area contributed by atoms with Crippen LogP contribution in [0.25, 0.3) is 0 Å². The molecular weight excluding hydrogens is 256 g/mol. The van der Waals surface area contributed by atoms with Gasteiger partial charge < -0.3 is 15.0 Å². The van der Waals surface area contributed by atoms with Gasteiger partial charge in [0.25, 0.3) is 0 Å². The van der Waals surface area contributed by atoms with Crippen LogP contribution in [0.1, 0.15) is 12.5 Å². The van der Waals surface area contributed by atoms with Gasteiger partial charge in [-0.3, -0.25) is 9.59 Å². The summed E-state index contributed by atoms with van der Waals surface area (Å²) >= 11 is 0. The lowest BCUT2D eigenvalue weighted by Crippen LogP contribution is -2.28. The normalized spacial score (nSPS) is 14.0. The van der Waals surface area contributed by atoms with Crippen LogP contribution in [0.4, 0.5) is 0 Å². The average molecular weight is 272 g/mol. The lowest BCUT2D eigenvalue weighted by Gasteiger charge is -2.26. The number of rotatable bonds is 5. The number of hydrogen-bond donors (Lipinski definition) is 1. The van der Waals surface area contributed by atoms with E-state index in [1.165, 1.54) is 0 Å². The fourth-order valence-corrected chi connectivity index (χ4v) is 1.86. The van der Waals surface area contributed by atoms with Crippen molar-refractivity contribution in [2.45, 2.75) is 13.5 Å². The Hall–Kier alpha value is -2.56. The van der Waals surface area contributed by atoms with Gasteiger partial charge in [-0.2, -0.15) is 0 Å². The number of ketones is 1. The summed E-state index contributed by atoms with van der Waals surface area (Å²) in [6, 6.07) is 7.70. The number of benzene rings is 1. The zero-order valence-corrected chi connectivity index (χ0v) is 11.4. The Morgan fingerprint density at radius 3 is 2.65 bits per heavy atom. The Morgan fingerprint density at radius 2 is 2.05 bits per heavy atom. The molecule has 1 aromatic carbocycles. The van der Waals surface area contributed by atoms with Crippen LogP contribution in [0.3, 0.4) is 0 Å². The molecule has 1 aromatic rings. The lowest BCUT2D eigenvalue weighted by molar-refractivity contribution is -0.127. The zero-order chi connectivity index (χ0) is 14.5. The Balaban J connectivity index is 2.15. The predicted octanol–water partition coefficient (Wildman–Crippen LogP) is 1.57. The van der Waals surface area contributed by atoms with Crippen molar-refractivity contribution in [2.24, 2.45) is 0 Å². The zero-order valence-electron chi connectivity index (χ0n) is 11.4. The molecule has 1 N–H and O–H groups in total. The third-order valence-electron chi connectivity index (χ3n) is 3.06. The number of aldehydes is 1. The monoisotopic (exact) mass is 272 g/mol. The van der Waals surface area contributed by atoms with Crippen LogP contribution in [0.5, 0.6) is 5.75 Å². The van der Waals surface area contributed by atoms with Gasteiger partial charge >= 0.3 is 0 Å². The lowest BCUT2D eigenvalue weighted by atomic mass is 10.2. The highest BCUT2D eigenvalue weighted by atomic mass is 16.5. The maximum atomic E-state index is 11.4. The van der Waals surface area contributed by atoms with Crippen molar-refractivity contribution in [3.8, 4) is 5.75 Å². The number of allylic oxidation sites excluding steroid dienone is 2. The van der Waals surface area contributed by atoms with Gasteiger partial charge in [0.1, 0.15) is 11.4 Å². The Morgan fingerprint density at radius 1 is 1.35 bits per heavy atom. The molecule has 0 atom stereocenters. The third kappa shape index (κ3) is 3.06.